The van der Waals surface area contributed by atoms with E-state index in [9.17, 15) is 9.00 Å². The molecule has 1 N–H and O–H groups in total. The molecule has 2 atom stereocenters. The minimum Gasteiger partial charge on any atom is -0.385 e. The summed E-state index contributed by atoms with van der Waals surface area (Å²) >= 11 is 4.79. The Morgan fingerprint density at radius 2 is 1.64 bits per heavy atom. The first kappa shape index (κ1) is 37.9. The van der Waals surface area contributed by atoms with E-state index in [-0.39, 0.29) is 16.6 Å². The van der Waals surface area contributed by atoms with Gasteiger partial charge < -0.3 is 19.7 Å². The number of nitrogens with one attached hydrogen (secondary N) is 1. The predicted octanol–water partition coefficient (Wildman–Crippen LogP) is 5.40. The molecule has 0 saturated carbocycles. The number of ether oxygens (including phenoxy) is 2. The van der Waals surface area contributed by atoms with Crippen molar-refractivity contribution in [1.29, 1.82) is 0 Å². The molecule has 2 aromatic heterocycles. The molecule has 13 heteroatoms. The third kappa shape index (κ3) is 11.9. The molecule has 2 aromatic rings. The summed E-state index contributed by atoms with van der Waals surface area (Å²) < 4.78 is 28.3. The average Bonchev–Trinajstić information content (AvgIpc) is 3.08. The molecule has 0 aromatic carbocycles. The predicted molar refractivity (Wildman–Crippen MR) is 183 cm³/mol. The number of anilines is 3. The van der Waals surface area contributed by atoms with E-state index in [1.807, 2.05) is 49.3 Å². The lowest BCUT2D eigenvalue weighted by molar-refractivity contribution is 0.0616. The van der Waals surface area contributed by atoms with Crippen molar-refractivity contribution in [3.8, 4) is 0 Å². The summed E-state index contributed by atoms with van der Waals surface area (Å²) in [5.74, 6) is 1.66. The largest absolute Gasteiger partial charge is 0.385 e. The molecule has 44 heavy (non-hydrogen) atoms. The molecule has 0 bridgehead atoms. The Balaban J connectivity index is 0.000000366. The van der Waals surface area contributed by atoms with Crippen LogP contribution in [0.5, 0.6) is 0 Å². The third-order valence-corrected chi connectivity index (χ3v) is 9.31. The van der Waals surface area contributed by atoms with E-state index in [1.54, 1.807) is 30.8 Å². The van der Waals surface area contributed by atoms with Gasteiger partial charge in [-0.3, -0.25) is 9.10 Å². The lowest BCUT2D eigenvalue weighted by Gasteiger charge is -2.33. The van der Waals surface area contributed by atoms with Crippen LogP contribution in [-0.4, -0.2) is 91.0 Å². The van der Waals surface area contributed by atoms with Crippen LogP contribution in [0.15, 0.2) is 29.3 Å². The second-order valence-corrected chi connectivity index (χ2v) is 12.9. The van der Waals surface area contributed by atoms with Crippen LogP contribution >= 0.6 is 11.6 Å². The van der Waals surface area contributed by atoms with E-state index in [0.717, 1.165) is 43.9 Å². The number of hydrogen-bond acceptors (Lipinski definition) is 8. The van der Waals surface area contributed by atoms with Crippen molar-refractivity contribution in [2.24, 2.45) is 5.92 Å². The lowest BCUT2D eigenvalue weighted by atomic mass is 10.1. The van der Waals surface area contributed by atoms with E-state index >= 15 is 0 Å². The van der Waals surface area contributed by atoms with Crippen molar-refractivity contribution < 1.29 is 13.7 Å². The van der Waals surface area contributed by atoms with Crippen molar-refractivity contribution in [2.45, 2.75) is 71.8 Å². The Hall–Kier alpha value is -2.25. The molecule has 250 valence electrons. The van der Waals surface area contributed by atoms with Gasteiger partial charge in [0.05, 0.1) is 29.8 Å². The highest BCUT2D eigenvalue weighted by Gasteiger charge is 2.28. The number of aromatic nitrogens is 3. The summed E-state index contributed by atoms with van der Waals surface area (Å²) in [5, 5.41) is 7.25. The summed E-state index contributed by atoms with van der Waals surface area (Å²) in [7, 11) is 7.33. The van der Waals surface area contributed by atoms with Gasteiger partial charge in [0.2, 0.25) is 0 Å². The van der Waals surface area contributed by atoms with Gasteiger partial charge >= 0.3 is 0 Å². The van der Waals surface area contributed by atoms with Gasteiger partial charge in [-0.2, -0.15) is 5.10 Å². The first-order valence-corrected chi connectivity index (χ1v) is 17.3. The monoisotopic (exact) mass is 655 g/mol. The van der Waals surface area contributed by atoms with Crippen LogP contribution in [-0.2, 0) is 20.6 Å². The standard InChI is InChI=1S/C18H26ClN7O2S.C6H12O.C5H10O.C2H6/c1-20-15-12-22-26(18(27)17(15)19)13-7-9-25(10-8-13)29(28)24(4)14-5-6-16(21-11-14)23(2)3;1-6-3-2-4-7-5-6;1-2-4-6-5-3-1;1-2/h5-6,11-13,20H,7-10H2,1-4H3;6H,2-5H2,1H3;1-5H2;1-2H3. The van der Waals surface area contributed by atoms with Gasteiger partial charge in [0.25, 0.3) is 5.56 Å². The Kier molecular flexibility index (Phi) is 17.9. The van der Waals surface area contributed by atoms with Crippen LogP contribution in [0.4, 0.5) is 17.2 Å². The highest BCUT2D eigenvalue weighted by Crippen LogP contribution is 2.25. The van der Waals surface area contributed by atoms with E-state index < -0.39 is 11.2 Å². The fraction of sp³-hybridized carbons (Fsp3) is 0.710. The third-order valence-electron chi connectivity index (χ3n) is 7.46. The molecule has 0 spiro atoms. The van der Waals surface area contributed by atoms with Crippen LogP contribution in [0, 0.1) is 5.92 Å². The van der Waals surface area contributed by atoms with E-state index in [0.29, 0.717) is 31.6 Å². The fourth-order valence-electron chi connectivity index (χ4n) is 4.80. The molecule has 3 aliphatic heterocycles. The van der Waals surface area contributed by atoms with E-state index in [1.165, 1.54) is 36.8 Å². The zero-order valence-electron chi connectivity index (χ0n) is 27.8. The van der Waals surface area contributed by atoms with Gasteiger partial charge in [-0.1, -0.05) is 32.4 Å². The fourth-order valence-corrected chi connectivity index (χ4v) is 6.19. The van der Waals surface area contributed by atoms with Gasteiger partial charge in [-0.05, 0) is 63.0 Å². The second-order valence-electron chi connectivity index (χ2n) is 11.0. The topological polar surface area (TPSA) is 105 Å². The minimum absolute atomic E-state index is 0.0643. The maximum Gasteiger partial charge on any atom is 0.287 e. The maximum absolute atomic E-state index is 13.0. The number of hydrogen-bond donors (Lipinski definition) is 1. The van der Waals surface area contributed by atoms with Crippen LogP contribution in [0.25, 0.3) is 0 Å². The Labute approximate surface area is 272 Å². The SMILES string of the molecule is C1CCOCC1.CC.CC1CCCOC1.CNc1cnn(C2CCN(S(=O)N(C)c3ccc(N(C)C)nc3)CC2)c(=O)c1Cl. The molecule has 0 aliphatic carbocycles. The first-order chi connectivity index (χ1) is 21.2. The second kappa shape index (κ2) is 20.7. The zero-order chi connectivity index (χ0) is 32.5. The van der Waals surface area contributed by atoms with Crippen molar-refractivity contribution >= 4 is 40.0 Å². The summed E-state index contributed by atoms with van der Waals surface area (Å²) in [6.45, 7) is 11.4. The zero-order valence-corrected chi connectivity index (χ0v) is 29.3. The molecule has 5 rings (SSSR count). The highest BCUT2D eigenvalue weighted by atomic mass is 35.5. The van der Waals surface area contributed by atoms with Crippen molar-refractivity contribution in [3.63, 3.8) is 0 Å². The lowest BCUT2D eigenvalue weighted by Crippen LogP contribution is -2.43. The van der Waals surface area contributed by atoms with Crippen molar-refractivity contribution in [1.82, 2.24) is 19.1 Å². The Morgan fingerprint density at radius 1 is 0.977 bits per heavy atom. The molecular formula is C31H54ClN7O4S. The Morgan fingerprint density at radius 3 is 2.07 bits per heavy atom. The normalized spacial score (nSPS) is 19.5. The molecule has 0 radical (unpaired) electrons. The molecule has 2 unspecified atom stereocenters. The van der Waals surface area contributed by atoms with Gasteiger partial charge in [-0.25, -0.2) is 18.2 Å². The molecule has 3 fully saturated rings. The molecule has 3 saturated heterocycles. The highest BCUT2D eigenvalue weighted by molar-refractivity contribution is 7.84. The smallest absolute Gasteiger partial charge is 0.287 e. The summed E-state index contributed by atoms with van der Waals surface area (Å²) in [5.41, 5.74) is 0.993. The summed E-state index contributed by atoms with van der Waals surface area (Å²) in [6.07, 6.45) is 11.2. The molecule has 3 aliphatic rings. The van der Waals surface area contributed by atoms with Crippen molar-refractivity contribution in [2.75, 3.05) is 82.2 Å². The number of halogens is 1. The number of pyridine rings is 1. The molecule has 0 amide bonds. The number of nitrogens with zero attached hydrogens (tertiary/aromatic N) is 6. The van der Waals surface area contributed by atoms with Crippen LogP contribution in [0.1, 0.15) is 71.8 Å². The quantitative estimate of drug-likeness (QED) is 0.441. The first-order valence-electron chi connectivity index (χ1n) is 15.9. The molecule has 5 heterocycles. The van der Waals surface area contributed by atoms with Gasteiger partial charge in [0.15, 0.2) is 11.2 Å². The summed E-state index contributed by atoms with van der Waals surface area (Å²) in [6, 6.07) is 3.73. The number of rotatable bonds is 6. The minimum atomic E-state index is -1.34. The van der Waals surface area contributed by atoms with Gasteiger partial charge in [-0.15, -0.1) is 0 Å². The molecule has 11 nitrogen and oxygen atoms in total. The summed E-state index contributed by atoms with van der Waals surface area (Å²) in [4.78, 5) is 18.8. The van der Waals surface area contributed by atoms with Crippen LogP contribution in [0.2, 0.25) is 5.02 Å². The van der Waals surface area contributed by atoms with E-state index in [2.05, 4.69) is 22.3 Å². The Bertz CT molecular complexity index is 1140. The van der Waals surface area contributed by atoms with E-state index in [4.69, 9.17) is 21.1 Å². The number of piperidine rings is 1. The maximum atomic E-state index is 13.0. The van der Waals surface area contributed by atoms with Crippen molar-refractivity contribution in [3.05, 3.63) is 39.9 Å². The average molecular weight is 656 g/mol. The molecular weight excluding hydrogens is 602 g/mol. The van der Waals surface area contributed by atoms with Gasteiger partial charge in [0, 0.05) is 67.7 Å². The van der Waals surface area contributed by atoms with Crippen LogP contribution in [0.3, 0.4) is 0 Å². The van der Waals surface area contributed by atoms with Crippen LogP contribution < -0.4 is 20.1 Å². The van der Waals surface area contributed by atoms with Gasteiger partial charge in [0.1, 0.15) is 10.8 Å².